The first-order valence-electron chi connectivity index (χ1n) is 5.44. The third-order valence-corrected chi connectivity index (χ3v) is 2.43. The van der Waals surface area contributed by atoms with E-state index in [0.717, 1.165) is 0 Å². The quantitative estimate of drug-likeness (QED) is 0.462. The van der Waals surface area contributed by atoms with E-state index in [2.05, 4.69) is 0 Å². The minimum absolute atomic E-state index is 0.121. The Bertz CT molecular complexity index is 532. The molecular formula is C12H12N2O4. The molecule has 0 bridgehead atoms. The van der Waals surface area contributed by atoms with Crippen LogP contribution >= 0.6 is 0 Å². The number of nitro benzene ring substituents is 1. The van der Waals surface area contributed by atoms with Gasteiger partial charge in [0.1, 0.15) is 17.2 Å². The Morgan fingerprint density at radius 2 is 2.17 bits per heavy atom. The zero-order valence-corrected chi connectivity index (χ0v) is 10.1. The smallest absolute Gasteiger partial charge is 0.345 e. The molecule has 1 aromatic carbocycles. The maximum atomic E-state index is 11.8. The number of hydrogen-bond acceptors (Lipinski definition) is 5. The summed E-state index contributed by atoms with van der Waals surface area (Å²) in [5.74, 6) is -0.766. The fourth-order valence-electron chi connectivity index (χ4n) is 1.64. The number of carbonyl (C=O) groups is 1. The second-order valence-corrected chi connectivity index (χ2v) is 3.44. The first kappa shape index (κ1) is 13.6. The van der Waals surface area contributed by atoms with Crippen molar-refractivity contribution in [1.29, 1.82) is 5.26 Å². The van der Waals surface area contributed by atoms with Gasteiger partial charge in [-0.05, 0) is 25.0 Å². The third-order valence-electron chi connectivity index (χ3n) is 2.43. The van der Waals surface area contributed by atoms with Crippen LogP contribution in [0.5, 0.6) is 0 Å². The molecule has 1 rings (SSSR count). The number of nitrogens with zero attached hydrogens (tertiary/aromatic N) is 2. The van der Waals surface area contributed by atoms with Crippen LogP contribution in [0.3, 0.4) is 0 Å². The minimum Gasteiger partial charge on any atom is -0.462 e. The van der Waals surface area contributed by atoms with Crippen LogP contribution in [0.25, 0.3) is 0 Å². The predicted octanol–water partition coefficient (Wildman–Crippen LogP) is 2.21. The highest BCUT2D eigenvalue weighted by atomic mass is 16.6. The van der Waals surface area contributed by atoms with E-state index in [4.69, 9.17) is 10.00 Å². The predicted molar refractivity (Wildman–Crippen MR) is 63.1 cm³/mol. The standard InChI is InChI=1S/C12H12N2O4/c1-3-8-5-6-9(7-13)11(14(16)17)10(8)12(15)18-4-2/h5-6H,3-4H2,1-2H3. The molecular weight excluding hydrogens is 236 g/mol. The highest BCUT2D eigenvalue weighted by molar-refractivity contribution is 5.96. The van der Waals surface area contributed by atoms with E-state index >= 15 is 0 Å². The van der Waals surface area contributed by atoms with Gasteiger partial charge in [0.05, 0.1) is 11.5 Å². The highest BCUT2D eigenvalue weighted by Gasteiger charge is 2.28. The van der Waals surface area contributed by atoms with E-state index in [9.17, 15) is 14.9 Å². The summed E-state index contributed by atoms with van der Waals surface area (Å²) < 4.78 is 4.81. The van der Waals surface area contributed by atoms with Gasteiger partial charge in [0.25, 0.3) is 0 Å². The molecule has 0 aromatic heterocycles. The van der Waals surface area contributed by atoms with E-state index in [1.807, 2.05) is 0 Å². The summed E-state index contributed by atoms with van der Waals surface area (Å²) in [6.07, 6.45) is 0.445. The molecule has 0 fully saturated rings. The Morgan fingerprint density at radius 3 is 2.61 bits per heavy atom. The normalized spacial score (nSPS) is 9.61. The molecule has 0 aliphatic carbocycles. The molecule has 6 nitrogen and oxygen atoms in total. The Kier molecular flexibility index (Phi) is 4.38. The van der Waals surface area contributed by atoms with Crippen molar-refractivity contribution in [1.82, 2.24) is 0 Å². The average Bonchev–Trinajstić information content (AvgIpc) is 2.36. The molecule has 1 aromatic rings. The first-order chi connectivity index (χ1) is 8.56. The van der Waals surface area contributed by atoms with E-state index in [0.29, 0.717) is 12.0 Å². The summed E-state index contributed by atoms with van der Waals surface area (Å²) in [5, 5.41) is 19.9. The van der Waals surface area contributed by atoms with Gasteiger partial charge in [-0.3, -0.25) is 10.1 Å². The topological polar surface area (TPSA) is 93.2 Å². The number of carbonyl (C=O) groups excluding carboxylic acids is 1. The SMILES string of the molecule is CCOC(=O)c1c(CC)ccc(C#N)c1[N+](=O)[O-]. The number of aryl methyl sites for hydroxylation is 1. The van der Waals surface area contributed by atoms with Gasteiger partial charge in [0.2, 0.25) is 0 Å². The zero-order chi connectivity index (χ0) is 13.7. The van der Waals surface area contributed by atoms with Crippen LogP contribution in [0.15, 0.2) is 12.1 Å². The lowest BCUT2D eigenvalue weighted by molar-refractivity contribution is -0.385. The summed E-state index contributed by atoms with van der Waals surface area (Å²) in [6, 6.07) is 4.60. The molecule has 0 heterocycles. The molecule has 0 N–H and O–H groups in total. The lowest BCUT2D eigenvalue weighted by Crippen LogP contribution is -2.12. The Morgan fingerprint density at radius 1 is 1.50 bits per heavy atom. The van der Waals surface area contributed by atoms with Crippen LogP contribution in [0, 0.1) is 21.4 Å². The maximum absolute atomic E-state index is 11.8. The number of nitriles is 1. The fourth-order valence-corrected chi connectivity index (χ4v) is 1.64. The number of ether oxygens (including phenoxy) is 1. The molecule has 0 saturated carbocycles. The number of hydrogen-bond donors (Lipinski definition) is 0. The van der Waals surface area contributed by atoms with Crippen LogP contribution in [0.4, 0.5) is 5.69 Å². The number of nitro groups is 1. The van der Waals surface area contributed by atoms with E-state index in [1.165, 1.54) is 12.1 Å². The van der Waals surface area contributed by atoms with Crippen molar-refractivity contribution in [3.8, 4) is 6.07 Å². The summed E-state index contributed by atoms with van der Waals surface area (Å²) in [4.78, 5) is 22.1. The maximum Gasteiger partial charge on any atom is 0.345 e. The summed E-state index contributed by atoms with van der Waals surface area (Å²) in [7, 11) is 0. The summed E-state index contributed by atoms with van der Waals surface area (Å²) >= 11 is 0. The Labute approximate surface area is 104 Å². The molecule has 0 amide bonds. The average molecular weight is 248 g/mol. The highest BCUT2D eigenvalue weighted by Crippen LogP contribution is 2.28. The first-order valence-corrected chi connectivity index (χ1v) is 5.44. The zero-order valence-electron chi connectivity index (χ0n) is 10.1. The van der Waals surface area contributed by atoms with Crippen LogP contribution in [0.1, 0.15) is 35.3 Å². The van der Waals surface area contributed by atoms with Crippen LogP contribution in [0.2, 0.25) is 0 Å². The Balaban J connectivity index is 3.56. The van der Waals surface area contributed by atoms with Crippen molar-refractivity contribution < 1.29 is 14.5 Å². The second-order valence-electron chi connectivity index (χ2n) is 3.44. The van der Waals surface area contributed by atoms with Gasteiger partial charge in [0.15, 0.2) is 0 Å². The molecule has 0 radical (unpaired) electrons. The third kappa shape index (κ3) is 2.46. The van der Waals surface area contributed by atoms with E-state index in [-0.39, 0.29) is 17.7 Å². The van der Waals surface area contributed by atoms with Crippen molar-refractivity contribution in [2.24, 2.45) is 0 Å². The molecule has 0 aliphatic rings. The van der Waals surface area contributed by atoms with Gasteiger partial charge in [-0.2, -0.15) is 5.26 Å². The second kappa shape index (κ2) is 5.77. The van der Waals surface area contributed by atoms with Gasteiger partial charge in [-0.25, -0.2) is 4.79 Å². The summed E-state index contributed by atoms with van der Waals surface area (Å²) in [6.45, 7) is 3.51. The molecule has 0 unspecified atom stereocenters. The van der Waals surface area contributed by atoms with Gasteiger partial charge in [-0.15, -0.1) is 0 Å². The molecule has 0 spiro atoms. The molecule has 18 heavy (non-hydrogen) atoms. The van der Waals surface area contributed by atoms with E-state index in [1.54, 1.807) is 19.9 Å². The lowest BCUT2D eigenvalue weighted by atomic mass is 9.99. The Hall–Kier alpha value is -2.42. The van der Waals surface area contributed by atoms with Crippen LogP contribution in [-0.4, -0.2) is 17.5 Å². The number of rotatable bonds is 4. The van der Waals surface area contributed by atoms with Crippen molar-refractivity contribution >= 4 is 11.7 Å². The molecule has 0 aliphatic heterocycles. The van der Waals surface area contributed by atoms with Crippen LogP contribution < -0.4 is 0 Å². The van der Waals surface area contributed by atoms with Crippen molar-refractivity contribution in [3.63, 3.8) is 0 Å². The molecule has 6 heteroatoms. The van der Waals surface area contributed by atoms with Crippen LogP contribution in [-0.2, 0) is 11.2 Å². The van der Waals surface area contributed by atoms with E-state index < -0.39 is 16.6 Å². The van der Waals surface area contributed by atoms with Gasteiger partial charge >= 0.3 is 11.7 Å². The molecule has 94 valence electrons. The van der Waals surface area contributed by atoms with Crippen molar-refractivity contribution in [2.45, 2.75) is 20.3 Å². The van der Waals surface area contributed by atoms with Crippen molar-refractivity contribution in [3.05, 3.63) is 38.9 Å². The largest absolute Gasteiger partial charge is 0.462 e. The van der Waals surface area contributed by atoms with Gasteiger partial charge in [0, 0.05) is 0 Å². The number of benzene rings is 1. The lowest BCUT2D eigenvalue weighted by Gasteiger charge is -2.08. The molecule has 0 saturated heterocycles. The minimum atomic E-state index is -0.766. The summed E-state index contributed by atoms with van der Waals surface area (Å²) in [5.41, 5.74) is -0.238. The van der Waals surface area contributed by atoms with Gasteiger partial charge in [-0.1, -0.05) is 13.0 Å². The molecule has 0 atom stereocenters. The van der Waals surface area contributed by atoms with Crippen molar-refractivity contribution in [2.75, 3.05) is 6.61 Å². The monoisotopic (exact) mass is 248 g/mol. The number of esters is 1. The fraction of sp³-hybridized carbons (Fsp3) is 0.333. The van der Waals surface area contributed by atoms with Gasteiger partial charge < -0.3 is 4.74 Å².